The van der Waals surface area contributed by atoms with Crippen LogP contribution in [0.2, 0.25) is 0 Å². The first-order valence-corrected chi connectivity index (χ1v) is 11.1. The van der Waals surface area contributed by atoms with Gasteiger partial charge in [0.05, 0.1) is 13.2 Å². The Morgan fingerprint density at radius 2 is 1.72 bits per heavy atom. The first-order valence-electron chi connectivity index (χ1n) is 9.14. The van der Waals surface area contributed by atoms with Crippen LogP contribution in [0.1, 0.15) is 34.6 Å². The highest BCUT2D eigenvalue weighted by Crippen LogP contribution is 2.60. The van der Waals surface area contributed by atoms with Gasteiger partial charge < -0.3 is 13.8 Å². The van der Waals surface area contributed by atoms with Crippen molar-refractivity contribution in [1.82, 2.24) is 0 Å². The third-order valence-electron chi connectivity index (χ3n) is 4.00. The Bertz CT molecular complexity index is 956. The molecule has 1 aromatic heterocycles. The normalized spacial score (nSPS) is 11.9. The standard InChI is InChI=1S/C21H21F2O4PS/c1-3-26-28(27-4-2)21(22,23)17-10-11-18-16(12-17)13-19(29-18)20(24)25-14-15-8-6-5-7-9-15/h5-13H,3-4,14H2,1-2H3. The molecule has 0 bridgehead atoms. The molecule has 0 saturated carbocycles. The Kier molecular flexibility index (Phi) is 7.30. The largest absolute Gasteiger partial charge is 0.457 e. The number of benzene rings is 2. The van der Waals surface area contributed by atoms with E-state index in [-0.39, 0.29) is 25.4 Å². The molecule has 0 aliphatic carbocycles. The smallest absolute Gasteiger partial charge is 0.348 e. The molecule has 3 rings (SSSR count). The van der Waals surface area contributed by atoms with Gasteiger partial charge in [-0.25, -0.2) is 4.79 Å². The molecule has 0 spiro atoms. The van der Waals surface area contributed by atoms with Crippen LogP contribution in [0.3, 0.4) is 0 Å². The molecule has 1 heterocycles. The lowest BCUT2D eigenvalue weighted by molar-refractivity contribution is 0.0478. The minimum Gasteiger partial charge on any atom is -0.457 e. The Morgan fingerprint density at radius 3 is 2.38 bits per heavy atom. The van der Waals surface area contributed by atoms with E-state index in [1.807, 2.05) is 30.3 Å². The van der Waals surface area contributed by atoms with Crippen LogP contribution in [0.5, 0.6) is 0 Å². The zero-order valence-electron chi connectivity index (χ0n) is 16.1. The molecular weight excluding hydrogens is 417 g/mol. The highest BCUT2D eigenvalue weighted by Gasteiger charge is 2.44. The number of carbonyl (C=O) groups is 1. The van der Waals surface area contributed by atoms with Gasteiger partial charge in [0, 0.05) is 10.3 Å². The zero-order valence-corrected chi connectivity index (χ0v) is 17.8. The predicted octanol–water partition coefficient (Wildman–Crippen LogP) is 6.69. The molecule has 0 unspecified atom stereocenters. The summed E-state index contributed by atoms with van der Waals surface area (Å²) in [6, 6.07) is 15.2. The minimum absolute atomic E-state index is 0.138. The summed E-state index contributed by atoms with van der Waals surface area (Å²) >= 11 is 1.21. The van der Waals surface area contributed by atoms with Crippen molar-refractivity contribution >= 4 is 35.8 Å². The van der Waals surface area contributed by atoms with Gasteiger partial charge >= 0.3 is 11.6 Å². The molecule has 0 aliphatic heterocycles. The molecule has 0 radical (unpaired) electrons. The lowest BCUT2D eigenvalue weighted by Crippen LogP contribution is -2.14. The number of esters is 1. The third-order valence-corrected chi connectivity index (χ3v) is 6.80. The van der Waals surface area contributed by atoms with Gasteiger partial charge in [-0.05, 0) is 43.0 Å². The third kappa shape index (κ3) is 5.17. The van der Waals surface area contributed by atoms with Crippen LogP contribution in [0.4, 0.5) is 8.78 Å². The van der Waals surface area contributed by atoms with E-state index in [2.05, 4.69) is 0 Å². The van der Waals surface area contributed by atoms with Crippen molar-refractivity contribution in [1.29, 1.82) is 0 Å². The van der Waals surface area contributed by atoms with Crippen LogP contribution < -0.4 is 0 Å². The summed E-state index contributed by atoms with van der Waals surface area (Å²) in [5.41, 5.74) is -2.57. The van der Waals surface area contributed by atoms with Gasteiger partial charge in [0.2, 0.25) is 0 Å². The summed E-state index contributed by atoms with van der Waals surface area (Å²) in [6.07, 6.45) is 0. The monoisotopic (exact) mass is 438 g/mol. The number of halogens is 2. The number of hydrogen-bond acceptors (Lipinski definition) is 5. The van der Waals surface area contributed by atoms with Crippen molar-refractivity contribution in [2.24, 2.45) is 0 Å². The molecule has 0 aliphatic rings. The van der Waals surface area contributed by atoms with Crippen molar-refractivity contribution in [3.8, 4) is 0 Å². The van der Waals surface area contributed by atoms with Crippen molar-refractivity contribution in [3.63, 3.8) is 0 Å². The molecule has 0 saturated heterocycles. The number of hydrogen-bond donors (Lipinski definition) is 0. The molecule has 4 nitrogen and oxygen atoms in total. The van der Waals surface area contributed by atoms with E-state index in [0.717, 1.165) is 10.3 Å². The van der Waals surface area contributed by atoms with Crippen molar-refractivity contribution in [3.05, 3.63) is 70.6 Å². The van der Waals surface area contributed by atoms with Gasteiger partial charge in [-0.1, -0.05) is 36.4 Å². The summed E-state index contributed by atoms with van der Waals surface area (Å²) in [6.45, 7) is 3.74. The second-order valence-electron chi connectivity index (χ2n) is 6.06. The molecule has 2 aromatic carbocycles. The first-order chi connectivity index (χ1) is 14.0. The Balaban J connectivity index is 1.79. The van der Waals surface area contributed by atoms with E-state index in [1.165, 1.54) is 23.5 Å². The average molecular weight is 438 g/mol. The van der Waals surface area contributed by atoms with E-state index in [0.29, 0.717) is 10.3 Å². The quantitative estimate of drug-likeness (QED) is 0.276. The van der Waals surface area contributed by atoms with Crippen LogP contribution in [0.15, 0.2) is 54.6 Å². The number of ether oxygens (including phenoxy) is 1. The van der Waals surface area contributed by atoms with E-state index >= 15 is 0 Å². The fourth-order valence-corrected chi connectivity index (χ4v) is 4.82. The van der Waals surface area contributed by atoms with Gasteiger partial charge in [0.1, 0.15) is 11.5 Å². The molecule has 29 heavy (non-hydrogen) atoms. The lowest BCUT2D eigenvalue weighted by Gasteiger charge is -2.25. The maximum Gasteiger partial charge on any atom is 0.348 e. The molecular formula is C21H21F2O4PS. The Morgan fingerprint density at radius 1 is 1.03 bits per heavy atom. The van der Waals surface area contributed by atoms with E-state index in [9.17, 15) is 13.6 Å². The van der Waals surface area contributed by atoms with E-state index in [1.54, 1.807) is 26.0 Å². The summed E-state index contributed by atoms with van der Waals surface area (Å²) in [7, 11) is -2.39. The summed E-state index contributed by atoms with van der Waals surface area (Å²) < 4.78 is 46.1. The van der Waals surface area contributed by atoms with Crippen LogP contribution in [-0.4, -0.2) is 19.2 Å². The molecule has 3 aromatic rings. The number of rotatable bonds is 9. The molecule has 0 atom stereocenters. The summed E-state index contributed by atoms with van der Waals surface area (Å²) in [4.78, 5) is 12.7. The van der Waals surface area contributed by atoms with Crippen LogP contribution in [0, 0.1) is 0 Å². The highest BCUT2D eigenvalue weighted by molar-refractivity contribution is 7.48. The maximum absolute atomic E-state index is 14.9. The van der Waals surface area contributed by atoms with E-state index < -0.39 is 20.0 Å². The van der Waals surface area contributed by atoms with Gasteiger partial charge in [-0.15, -0.1) is 11.3 Å². The summed E-state index contributed by atoms with van der Waals surface area (Å²) in [5, 5.41) is 0.557. The fraction of sp³-hybridized carbons (Fsp3) is 0.286. The SMILES string of the molecule is CCOP(OCC)C(F)(F)c1ccc2sc(C(=O)OCc3ccccc3)cc2c1. The fourth-order valence-electron chi connectivity index (χ4n) is 2.66. The molecule has 0 amide bonds. The average Bonchev–Trinajstić information content (AvgIpc) is 3.16. The Hall–Kier alpha value is -1.92. The Labute approximate surface area is 173 Å². The summed E-state index contributed by atoms with van der Waals surface area (Å²) in [5.74, 6) is -0.478. The second-order valence-corrected chi connectivity index (χ2v) is 8.73. The lowest BCUT2D eigenvalue weighted by atomic mass is 10.1. The van der Waals surface area contributed by atoms with Crippen molar-refractivity contribution < 1.29 is 27.4 Å². The zero-order chi connectivity index (χ0) is 20.9. The predicted molar refractivity (Wildman–Crippen MR) is 111 cm³/mol. The molecule has 154 valence electrons. The molecule has 0 fully saturated rings. The molecule has 0 N–H and O–H groups in total. The maximum atomic E-state index is 14.9. The number of carbonyl (C=O) groups excluding carboxylic acids is 1. The van der Waals surface area contributed by atoms with Crippen LogP contribution in [0.25, 0.3) is 10.1 Å². The second kappa shape index (κ2) is 9.72. The van der Waals surface area contributed by atoms with Gasteiger partial charge in [-0.3, -0.25) is 0 Å². The van der Waals surface area contributed by atoms with Crippen molar-refractivity contribution in [2.45, 2.75) is 26.1 Å². The van der Waals surface area contributed by atoms with Gasteiger partial charge in [-0.2, -0.15) is 8.78 Å². The van der Waals surface area contributed by atoms with Crippen LogP contribution >= 0.6 is 19.7 Å². The topological polar surface area (TPSA) is 44.8 Å². The molecule has 8 heteroatoms. The number of thiophene rings is 1. The number of alkyl halides is 2. The van der Waals surface area contributed by atoms with E-state index in [4.69, 9.17) is 13.8 Å². The highest BCUT2D eigenvalue weighted by atomic mass is 32.1. The van der Waals surface area contributed by atoms with Gasteiger partial charge in [0.25, 0.3) is 8.38 Å². The van der Waals surface area contributed by atoms with Crippen molar-refractivity contribution in [2.75, 3.05) is 13.2 Å². The van der Waals surface area contributed by atoms with Gasteiger partial charge in [0.15, 0.2) is 0 Å². The van der Waals surface area contributed by atoms with Crippen LogP contribution in [-0.2, 0) is 26.1 Å². The first kappa shape index (κ1) is 21.8. The minimum atomic E-state index is -3.26. The number of fused-ring (bicyclic) bond motifs is 1.